The third kappa shape index (κ3) is 3.91. The summed E-state index contributed by atoms with van der Waals surface area (Å²) in [4.78, 5) is 11.6. The SMILES string of the molecule is O=C(COc1ccccc1Cl)OC1CCCCC1. The minimum atomic E-state index is -0.318. The second kappa shape index (κ2) is 6.64. The number of para-hydroxylation sites is 1. The van der Waals surface area contributed by atoms with Crippen LogP contribution in [-0.2, 0) is 9.53 Å². The highest BCUT2D eigenvalue weighted by Gasteiger charge is 2.18. The van der Waals surface area contributed by atoms with Gasteiger partial charge in [0.1, 0.15) is 11.9 Å². The highest BCUT2D eigenvalue weighted by atomic mass is 35.5. The van der Waals surface area contributed by atoms with Crippen LogP contribution in [0.1, 0.15) is 32.1 Å². The van der Waals surface area contributed by atoms with Gasteiger partial charge in [0.25, 0.3) is 0 Å². The summed E-state index contributed by atoms with van der Waals surface area (Å²) in [6.45, 7) is -0.0831. The van der Waals surface area contributed by atoms with Gasteiger partial charge in [0, 0.05) is 0 Å². The number of rotatable bonds is 4. The molecule has 0 amide bonds. The molecule has 1 saturated carbocycles. The van der Waals surface area contributed by atoms with E-state index in [1.165, 1.54) is 6.42 Å². The molecule has 0 unspecified atom stereocenters. The molecule has 4 heteroatoms. The van der Waals surface area contributed by atoms with Crippen molar-refractivity contribution in [1.82, 2.24) is 0 Å². The van der Waals surface area contributed by atoms with Gasteiger partial charge >= 0.3 is 5.97 Å². The molecule has 1 aliphatic rings. The fraction of sp³-hybridized carbons (Fsp3) is 0.500. The molecule has 98 valence electrons. The van der Waals surface area contributed by atoms with Crippen LogP contribution in [-0.4, -0.2) is 18.7 Å². The molecule has 0 N–H and O–H groups in total. The van der Waals surface area contributed by atoms with E-state index in [9.17, 15) is 4.79 Å². The maximum Gasteiger partial charge on any atom is 0.344 e. The summed E-state index contributed by atoms with van der Waals surface area (Å²) in [7, 11) is 0. The van der Waals surface area contributed by atoms with E-state index < -0.39 is 0 Å². The van der Waals surface area contributed by atoms with Crippen LogP contribution in [0.15, 0.2) is 24.3 Å². The second-order valence-corrected chi connectivity index (χ2v) is 4.88. The first kappa shape index (κ1) is 13.2. The van der Waals surface area contributed by atoms with E-state index in [0.717, 1.165) is 25.7 Å². The Labute approximate surface area is 112 Å². The molecule has 1 aromatic rings. The van der Waals surface area contributed by atoms with Gasteiger partial charge in [-0.15, -0.1) is 0 Å². The largest absolute Gasteiger partial charge is 0.480 e. The molecule has 2 rings (SSSR count). The molecule has 1 fully saturated rings. The van der Waals surface area contributed by atoms with Gasteiger partial charge in [0.05, 0.1) is 5.02 Å². The topological polar surface area (TPSA) is 35.5 Å². The Morgan fingerprint density at radius 2 is 1.94 bits per heavy atom. The quantitative estimate of drug-likeness (QED) is 0.783. The van der Waals surface area contributed by atoms with Gasteiger partial charge in [-0.2, -0.15) is 0 Å². The Morgan fingerprint density at radius 3 is 2.67 bits per heavy atom. The molecule has 0 atom stereocenters. The third-order valence-corrected chi connectivity index (χ3v) is 3.34. The summed E-state index contributed by atoms with van der Waals surface area (Å²) < 4.78 is 10.7. The zero-order chi connectivity index (χ0) is 12.8. The number of carbonyl (C=O) groups excluding carboxylic acids is 1. The van der Waals surface area contributed by atoms with Crippen LogP contribution in [0.2, 0.25) is 5.02 Å². The normalized spacial score (nSPS) is 16.3. The first-order chi connectivity index (χ1) is 8.75. The van der Waals surface area contributed by atoms with Crippen molar-refractivity contribution < 1.29 is 14.3 Å². The third-order valence-electron chi connectivity index (χ3n) is 3.03. The molecule has 1 aliphatic carbocycles. The summed E-state index contributed by atoms with van der Waals surface area (Å²) in [5, 5.41) is 0.503. The highest BCUT2D eigenvalue weighted by Crippen LogP contribution is 2.23. The minimum absolute atomic E-state index is 0.0705. The van der Waals surface area contributed by atoms with Crippen LogP contribution >= 0.6 is 11.6 Å². The zero-order valence-electron chi connectivity index (χ0n) is 10.2. The molecular weight excluding hydrogens is 252 g/mol. The van der Waals surface area contributed by atoms with E-state index in [4.69, 9.17) is 21.1 Å². The van der Waals surface area contributed by atoms with Crippen LogP contribution in [0, 0.1) is 0 Å². The number of hydrogen-bond acceptors (Lipinski definition) is 3. The number of hydrogen-bond donors (Lipinski definition) is 0. The fourth-order valence-electron chi connectivity index (χ4n) is 2.10. The van der Waals surface area contributed by atoms with Gasteiger partial charge in [-0.25, -0.2) is 4.79 Å². The van der Waals surface area contributed by atoms with Crippen LogP contribution < -0.4 is 4.74 Å². The van der Waals surface area contributed by atoms with Crippen molar-refractivity contribution in [2.45, 2.75) is 38.2 Å². The van der Waals surface area contributed by atoms with Crippen molar-refractivity contribution in [2.75, 3.05) is 6.61 Å². The van der Waals surface area contributed by atoms with Crippen LogP contribution in [0.5, 0.6) is 5.75 Å². The van der Waals surface area contributed by atoms with Gasteiger partial charge in [-0.3, -0.25) is 0 Å². The molecule has 0 saturated heterocycles. The van der Waals surface area contributed by atoms with Crippen molar-refractivity contribution in [3.8, 4) is 5.75 Å². The summed E-state index contributed by atoms with van der Waals surface area (Å²) in [6.07, 6.45) is 5.54. The molecule has 0 bridgehead atoms. The van der Waals surface area contributed by atoms with Gasteiger partial charge in [-0.05, 0) is 37.8 Å². The standard InChI is InChI=1S/C14H17ClO3/c15-12-8-4-5-9-13(12)17-10-14(16)18-11-6-2-1-3-7-11/h4-5,8-9,11H,1-3,6-7,10H2. The van der Waals surface area contributed by atoms with Gasteiger partial charge in [-0.1, -0.05) is 30.2 Å². The minimum Gasteiger partial charge on any atom is -0.480 e. The summed E-state index contributed by atoms with van der Waals surface area (Å²) in [6, 6.07) is 7.09. The number of carbonyl (C=O) groups is 1. The summed E-state index contributed by atoms with van der Waals surface area (Å²) in [5.74, 6) is 0.196. The molecule has 0 aliphatic heterocycles. The van der Waals surface area contributed by atoms with E-state index in [1.807, 2.05) is 12.1 Å². The van der Waals surface area contributed by atoms with Crippen molar-refractivity contribution in [3.05, 3.63) is 29.3 Å². The fourth-order valence-corrected chi connectivity index (χ4v) is 2.29. The predicted octanol–water partition coefficient (Wildman–Crippen LogP) is 3.59. The number of halogens is 1. The zero-order valence-corrected chi connectivity index (χ0v) is 11.0. The molecule has 18 heavy (non-hydrogen) atoms. The van der Waals surface area contributed by atoms with E-state index in [1.54, 1.807) is 12.1 Å². The summed E-state index contributed by atoms with van der Waals surface area (Å²) >= 11 is 5.92. The molecule has 3 nitrogen and oxygen atoms in total. The maximum absolute atomic E-state index is 11.6. The van der Waals surface area contributed by atoms with Gasteiger partial charge in [0.2, 0.25) is 0 Å². The van der Waals surface area contributed by atoms with Crippen molar-refractivity contribution in [2.24, 2.45) is 0 Å². The van der Waals surface area contributed by atoms with Crippen molar-refractivity contribution >= 4 is 17.6 Å². The molecule has 0 radical (unpaired) electrons. The van der Waals surface area contributed by atoms with E-state index in [-0.39, 0.29) is 18.7 Å². The lowest BCUT2D eigenvalue weighted by Gasteiger charge is -2.21. The molecular formula is C14H17ClO3. The molecule has 0 aromatic heterocycles. The summed E-state index contributed by atoms with van der Waals surface area (Å²) in [5.41, 5.74) is 0. The lowest BCUT2D eigenvalue weighted by Crippen LogP contribution is -2.24. The Kier molecular flexibility index (Phi) is 4.88. The van der Waals surface area contributed by atoms with E-state index in [0.29, 0.717) is 10.8 Å². The first-order valence-corrected chi connectivity index (χ1v) is 6.70. The Morgan fingerprint density at radius 1 is 1.22 bits per heavy atom. The predicted molar refractivity (Wildman–Crippen MR) is 69.9 cm³/mol. The molecule has 0 spiro atoms. The number of esters is 1. The average molecular weight is 269 g/mol. The Bertz CT molecular complexity index is 400. The van der Waals surface area contributed by atoms with Crippen LogP contribution in [0.3, 0.4) is 0 Å². The Balaban J connectivity index is 1.76. The van der Waals surface area contributed by atoms with Crippen LogP contribution in [0.4, 0.5) is 0 Å². The van der Waals surface area contributed by atoms with Gasteiger partial charge < -0.3 is 9.47 Å². The number of benzene rings is 1. The van der Waals surface area contributed by atoms with Crippen LogP contribution in [0.25, 0.3) is 0 Å². The Hall–Kier alpha value is -1.22. The monoisotopic (exact) mass is 268 g/mol. The molecule has 1 aromatic carbocycles. The first-order valence-electron chi connectivity index (χ1n) is 6.32. The lowest BCUT2D eigenvalue weighted by atomic mass is 9.98. The second-order valence-electron chi connectivity index (χ2n) is 4.47. The average Bonchev–Trinajstić information content (AvgIpc) is 2.39. The smallest absolute Gasteiger partial charge is 0.344 e. The highest BCUT2D eigenvalue weighted by molar-refractivity contribution is 6.32. The van der Waals surface area contributed by atoms with Crippen molar-refractivity contribution in [1.29, 1.82) is 0 Å². The molecule has 0 heterocycles. The number of ether oxygens (including phenoxy) is 2. The van der Waals surface area contributed by atoms with Crippen molar-refractivity contribution in [3.63, 3.8) is 0 Å². The lowest BCUT2D eigenvalue weighted by molar-refractivity contribution is -0.152. The van der Waals surface area contributed by atoms with E-state index in [2.05, 4.69) is 0 Å². The van der Waals surface area contributed by atoms with Gasteiger partial charge in [0.15, 0.2) is 6.61 Å². The maximum atomic E-state index is 11.6. The van der Waals surface area contributed by atoms with E-state index >= 15 is 0 Å².